The van der Waals surface area contributed by atoms with E-state index >= 15 is 0 Å². The zero-order chi connectivity index (χ0) is 33.0. The minimum atomic E-state index is -1.41. The molecule has 238 valence electrons. The molecule has 0 unspecified atom stereocenters. The number of hydrogen-bond donors (Lipinski definition) is 2. The van der Waals surface area contributed by atoms with Gasteiger partial charge in [0, 0.05) is 13.1 Å². The van der Waals surface area contributed by atoms with Gasteiger partial charge >= 0.3 is 6.03 Å². The molecule has 9 heteroatoms. The smallest absolute Gasteiger partial charge is 0.321 e. The topological polar surface area (TPSA) is 98.2 Å². The summed E-state index contributed by atoms with van der Waals surface area (Å²) in [6, 6.07) is 24.2. The van der Waals surface area contributed by atoms with Crippen molar-refractivity contribution in [3.8, 4) is 0 Å². The fourth-order valence-corrected chi connectivity index (χ4v) is 6.09. The van der Waals surface area contributed by atoms with Crippen LogP contribution in [0.2, 0.25) is 0 Å². The maximum atomic E-state index is 14.8. The van der Waals surface area contributed by atoms with Crippen molar-refractivity contribution in [3.63, 3.8) is 0 Å². The number of carbonyl (C=O) groups is 3. The van der Waals surface area contributed by atoms with E-state index < -0.39 is 53.5 Å². The van der Waals surface area contributed by atoms with Crippen LogP contribution in [0.4, 0.5) is 13.6 Å². The number of halogens is 2. The number of aliphatic hydroxyl groups is 2. The van der Waals surface area contributed by atoms with Gasteiger partial charge in [0.15, 0.2) is 11.6 Å². The first-order chi connectivity index (χ1) is 22.0. The lowest BCUT2D eigenvalue weighted by Gasteiger charge is -2.36. The summed E-state index contributed by atoms with van der Waals surface area (Å²) in [7, 11) is 0. The van der Waals surface area contributed by atoms with Gasteiger partial charge in [0.05, 0.1) is 23.2 Å². The molecule has 4 atom stereocenters. The Hall–Kier alpha value is -4.73. The van der Waals surface area contributed by atoms with Crippen LogP contribution in [0.15, 0.2) is 97.1 Å². The van der Waals surface area contributed by atoms with E-state index in [-0.39, 0.29) is 37.1 Å². The van der Waals surface area contributed by atoms with Gasteiger partial charge in [-0.15, -0.1) is 0 Å². The number of urea groups is 1. The molecule has 1 saturated heterocycles. The van der Waals surface area contributed by atoms with Gasteiger partial charge in [-0.1, -0.05) is 72.8 Å². The minimum absolute atomic E-state index is 0.0999. The maximum Gasteiger partial charge on any atom is 0.321 e. The van der Waals surface area contributed by atoms with E-state index in [4.69, 9.17) is 0 Å². The molecular weight excluding hydrogens is 590 g/mol. The van der Waals surface area contributed by atoms with Crippen molar-refractivity contribution in [2.24, 2.45) is 0 Å². The van der Waals surface area contributed by atoms with Crippen LogP contribution in [0.5, 0.6) is 0 Å². The second-order valence-electron chi connectivity index (χ2n) is 11.8. The molecule has 4 aromatic carbocycles. The molecular formula is C37H36F2N2O5. The molecule has 1 fully saturated rings. The zero-order valence-electron chi connectivity index (χ0n) is 25.6. The predicted molar refractivity (Wildman–Crippen MR) is 169 cm³/mol. The summed E-state index contributed by atoms with van der Waals surface area (Å²) in [6.07, 6.45) is -2.42. The molecule has 7 nitrogen and oxygen atoms in total. The first-order valence-electron chi connectivity index (χ1n) is 15.1. The van der Waals surface area contributed by atoms with E-state index in [2.05, 4.69) is 0 Å². The molecule has 1 heterocycles. The van der Waals surface area contributed by atoms with Gasteiger partial charge in [0.2, 0.25) is 0 Å². The quantitative estimate of drug-likeness (QED) is 0.219. The third-order valence-electron chi connectivity index (χ3n) is 8.53. The Morgan fingerprint density at radius 2 is 0.978 bits per heavy atom. The Kier molecular flexibility index (Phi) is 10.0. The van der Waals surface area contributed by atoms with Crippen LogP contribution in [-0.2, 0) is 25.9 Å². The molecule has 1 aliphatic rings. The van der Waals surface area contributed by atoms with Crippen molar-refractivity contribution in [1.29, 1.82) is 0 Å². The molecule has 0 aromatic heterocycles. The Balaban J connectivity index is 1.63. The third kappa shape index (κ3) is 7.22. The van der Waals surface area contributed by atoms with Crippen molar-refractivity contribution >= 4 is 17.6 Å². The molecule has 2 N–H and O–H groups in total. The normalized spacial score (nSPS) is 20.0. The summed E-state index contributed by atoms with van der Waals surface area (Å²) in [5.74, 6) is -2.31. The largest absolute Gasteiger partial charge is 0.388 e. The summed E-state index contributed by atoms with van der Waals surface area (Å²) in [5, 5.41) is 23.7. The number of rotatable bonds is 10. The molecule has 0 bridgehead atoms. The summed E-state index contributed by atoms with van der Waals surface area (Å²) in [4.78, 5) is 41.9. The Morgan fingerprint density at radius 3 is 1.33 bits per heavy atom. The fraction of sp³-hybridized carbons (Fsp3) is 0.270. The molecule has 1 aliphatic heterocycles. The van der Waals surface area contributed by atoms with E-state index in [1.807, 2.05) is 60.7 Å². The highest BCUT2D eigenvalue weighted by Gasteiger charge is 2.46. The summed E-state index contributed by atoms with van der Waals surface area (Å²) >= 11 is 0. The van der Waals surface area contributed by atoms with Gasteiger partial charge in [-0.05, 0) is 73.2 Å². The molecule has 46 heavy (non-hydrogen) atoms. The number of ketones is 2. The average Bonchev–Trinajstić information content (AvgIpc) is 3.10. The zero-order valence-corrected chi connectivity index (χ0v) is 25.6. The number of hydrogen-bond acceptors (Lipinski definition) is 5. The highest BCUT2D eigenvalue weighted by molar-refractivity contribution is 5.95. The van der Waals surface area contributed by atoms with Gasteiger partial charge in [0.1, 0.15) is 23.8 Å². The highest BCUT2D eigenvalue weighted by Crippen LogP contribution is 2.30. The minimum Gasteiger partial charge on any atom is -0.388 e. The van der Waals surface area contributed by atoms with Crippen molar-refractivity contribution < 1.29 is 33.4 Å². The van der Waals surface area contributed by atoms with E-state index in [9.17, 15) is 33.4 Å². The van der Waals surface area contributed by atoms with E-state index in [0.717, 1.165) is 11.1 Å². The number of amides is 2. The Labute approximate surface area is 266 Å². The van der Waals surface area contributed by atoms with E-state index in [1.54, 1.807) is 0 Å². The van der Waals surface area contributed by atoms with Gasteiger partial charge in [-0.3, -0.25) is 9.59 Å². The van der Waals surface area contributed by atoms with Gasteiger partial charge in [-0.2, -0.15) is 0 Å². The fourth-order valence-electron chi connectivity index (χ4n) is 6.09. The van der Waals surface area contributed by atoms with Crippen LogP contribution < -0.4 is 0 Å². The third-order valence-corrected chi connectivity index (χ3v) is 8.53. The summed E-state index contributed by atoms with van der Waals surface area (Å²) in [5.41, 5.74) is 2.31. The first-order valence-corrected chi connectivity index (χ1v) is 15.1. The summed E-state index contributed by atoms with van der Waals surface area (Å²) in [6.45, 7) is 2.31. The van der Waals surface area contributed by atoms with Gasteiger partial charge in [0.25, 0.3) is 0 Å². The second kappa shape index (κ2) is 14.1. The van der Waals surface area contributed by atoms with Crippen molar-refractivity contribution in [2.75, 3.05) is 0 Å². The standard InChI is InChI=1S/C37H36F2N2O5/c1-23(42)29-17-27(13-15-31(29)38)21-40-33(19-25-9-5-3-6-10-25)35(44)36(45)34(20-26-11-7-4-8-12-26)41(37(40)46)22-28-14-16-32(39)30(18-28)24(2)43/h3-18,33-36,44-45H,19-22H2,1-2H3/t33-,34-,35+,36+/m1/s1. The number of Topliss-reactive ketones (excluding diaryl/α,β-unsaturated/α-hetero) is 2. The molecule has 0 radical (unpaired) electrons. The number of aliphatic hydroxyl groups excluding tert-OH is 2. The second-order valence-corrected chi connectivity index (χ2v) is 11.8. The van der Waals surface area contributed by atoms with Crippen LogP contribution >= 0.6 is 0 Å². The van der Waals surface area contributed by atoms with Crippen molar-refractivity contribution in [3.05, 3.63) is 142 Å². The molecule has 0 saturated carbocycles. The molecule has 5 rings (SSSR count). The van der Waals surface area contributed by atoms with Crippen LogP contribution in [-0.4, -0.2) is 61.9 Å². The van der Waals surface area contributed by atoms with Crippen LogP contribution in [0.25, 0.3) is 0 Å². The molecule has 4 aromatic rings. The van der Waals surface area contributed by atoms with Crippen molar-refractivity contribution in [1.82, 2.24) is 9.80 Å². The Bertz CT molecular complexity index is 1590. The number of nitrogens with zero attached hydrogens (tertiary/aromatic N) is 2. The molecule has 0 spiro atoms. The number of carbonyl (C=O) groups excluding carboxylic acids is 3. The monoisotopic (exact) mass is 626 g/mol. The maximum absolute atomic E-state index is 14.8. The first kappa shape index (κ1) is 32.7. The van der Waals surface area contributed by atoms with E-state index in [1.165, 1.54) is 60.0 Å². The number of benzene rings is 4. The Morgan fingerprint density at radius 1 is 0.609 bits per heavy atom. The van der Waals surface area contributed by atoms with Gasteiger partial charge in [-0.25, -0.2) is 13.6 Å². The van der Waals surface area contributed by atoms with E-state index in [0.29, 0.717) is 11.1 Å². The lowest BCUT2D eigenvalue weighted by molar-refractivity contribution is -0.0408. The summed E-state index contributed by atoms with van der Waals surface area (Å²) < 4.78 is 28.9. The lowest BCUT2D eigenvalue weighted by Crippen LogP contribution is -2.50. The van der Waals surface area contributed by atoms with Crippen LogP contribution in [0.1, 0.15) is 56.8 Å². The predicted octanol–water partition coefficient (Wildman–Crippen LogP) is 5.75. The van der Waals surface area contributed by atoms with Crippen LogP contribution in [0, 0.1) is 11.6 Å². The van der Waals surface area contributed by atoms with Crippen molar-refractivity contribution in [2.45, 2.75) is 64.1 Å². The van der Waals surface area contributed by atoms with Crippen LogP contribution in [0.3, 0.4) is 0 Å². The molecule has 2 amide bonds. The molecule has 0 aliphatic carbocycles. The highest BCUT2D eigenvalue weighted by atomic mass is 19.1. The average molecular weight is 627 g/mol. The lowest BCUT2D eigenvalue weighted by atomic mass is 9.90. The van der Waals surface area contributed by atoms with Gasteiger partial charge < -0.3 is 20.0 Å². The SMILES string of the molecule is CC(=O)c1cc(CN2C(=O)N(Cc3ccc(F)c(C(C)=O)c3)[C@H](Cc3ccccc3)[C@H](O)[C@@H](O)[C@H]2Cc2ccccc2)ccc1F.